The van der Waals surface area contributed by atoms with Gasteiger partial charge >= 0.3 is 0 Å². The lowest BCUT2D eigenvalue weighted by atomic mass is 10.1. The van der Waals surface area contributed by atoms with Gasteiger partial charge < -0.3 is 14.5 Å². The summed E-state index contributed by atoms with van der Waals surface area (Å²) >= 11 is 0. The van der Waals surface area contributed by atoms with Crippen LogP contribution in [0.4, 0.5) is 0 Å². The predicted octanol–water partition coefficient (Wildman–Crippen LogP) is 5.00. The molecule has 0 saturated heterocycles. The largest absolute Gasteiger partial charge is 0.494 e. The van der Waals surface area contributed by atoms with Gasteiger partial charge in [0.05, 0.1) is 6.61 Å². The summed E-state index contributed by atoms with van der Waals surface area (Å²) in [4.78, 5) is 21.0. The molecule has 2 aromatic heterocycles. The fourth-order valence-electron chi connectivity index (χ4n) is 2.98. The van der Waals surface area contributed by atoms with Crippen LogP contribution in [0, 0.1) is 0 Å². The second kappa shape index (κ2) is 9.22. The molecule has 30 heavy (non-hydrogen) atoms. The Morgan fingerprint density at radius 3 is 2.60 bits per heavy atom. The van der Waals surface area contributed by atoms with Crippen LogP contribution in [0.25, 0.3) is 22.7 Å². The highest BCUT2D eigenvalue weighted by atomic mass is 16.5. The third-order valence-corrected chi connectivity index (χ3v) is 4.70. The van der Waals surface area contributed by atoms with Crippen LogP contribution in [0.5, 0.6) is 5.75 Å². The van der Waals surface area contributed by atoms with E-state index in [1.54, 1.807) is 18.3 Å². The summed E-state index contributed by atoms with van der Waals surface area (Å²) in [5.74, 6) is 1.19. The van der Waals surface area contributed by atoms with E-state index >= 15 is 0 Å². The number of ether oxygens (including phenoxy) is 1. The number of carbonyl (C=O) groups is 1. The lowest BCUT2D eigenvalue weighted by Gasteiger charge is -2.08. The molecule has 0 atom stereocenters. The molecule has 0 unspecified atom stereocenters. The van der Waals surface area contributed by atoms with Crippen LogP contribution in [0.3, 0.4) is 0 Å². The lowest BCUT2D eigenvalue weighted by Crippen LogP contribution is -2.22. The second-order valence-corrected chi connectivity index (χ2v) is 6.95. The first-order valence-electron chi connectivity index (χ1n) is 10.0. The molecule has 152 valence electrons. The fourth-order valence-corrected chi connectivity index (χ4v) is 2.98. The molecule has 0 saturated carbocycles. The highest BCUT2D eigenvalue weighted by Crippen LogP contribution is 2.23. The number of nitrogens with zero attached hydrogens (tertiary/aromatic N) is 2. The first-order chi connectivity index (χ1) is 14.7. The first-order valence-corrected chi connectivity index (χ1v) is 10.0. The minimum atomic E-state index is -0.121. The molecular weight excluding hydrogens is 378 g/mol. The van der Waals surface area contributed by atoms with E-state index in [9.17, 15) is 4.79 Å². The van der Waals surface area contributed by atoms with E-state index in [1.165, 1.54) is 0 Å². The van der Waals surface area contributed by atoms with E-state index in [-0.39, 0.29) is 5.91 Å². The molecule has 6 nitrogen and oxygen atoms in total. The zero-order chi connectivity index (χ0) is 20.8. The van der Waals surface area contributed by atoms with E-state index in [1.807, 2.05) is 48.5 Å². The molecule has 2 aromatic carbocycles. The van der Waals surface area contributed by atoms with Crippen molar-refractivity contribution in [3.63, 3.8) is 0 Å². The Bertz CT molecular complexity index is 1090. The quantitative estimate of drug-likeness (QED) is 0.421. The average molecular weight is 401 g/mol. The van der Waals surface area contributed by atoms with Gasteiger partial charge in [0.2, 0.25) is 5.89 Å². The van der Waals surface area contributed by atoms with E-state index in [0.717, 1.165) is 29.7 Å². The summed E-state index contributed by atoms with van der Waals surface area (Å²) in [6.45, 7) is 3.25. The van der Waals surface area contributed by atoms with Crippen LogP contribution in [-0.4, -0.2) is 22.5 Å². The Kier molecular flexibility index (Phi) is 6.03. The van der Waals surface area contributed by atoms with E-state index in [2.05, 4.69) is 22.2 Å². The number of aromatic nitrogens is 2. The van der Waals surface area contributed by atoms with Crippen molar-refractivity contribution in [3.8, 4) is 17.2 Å². The number of hydrogen-bond donors (Lipinski definition) is 1. The van der Waals surface area contributed by atoms with Crippen LogP contribution >= 0.6 is 0 Å². The van der Waals surface area contributed by atoms with Crippen LogP contribution < -0.4 is 10.1 Å². The average Bonchev–Trinajstić information content (AvgIpc) is 3.23. The summed E-state index contributed by atoms with van der Waals surface area (Å²) in [6, 6.07) is 18.6. The van der Waals surface area contributed by atoms with Gasteiger partial charge in [-0.25, -0.2) is 4.98 Å². The number of amides is 1. The van der Waals surface area contributed by atoms with Crippen molar-refractivity contribution in [2.45, 2.75) is 26.3 Å². The maximum absolute atomic E-state index is 12.4. The number of benzene rings is 2. The first kappa shape index (κ1) is 19.6. The van der Waals surface area contributed by atoms with Crippen molar-refractivity contribution >= 4 is 17.1 Å². The highest BCUT2D eigenvalue weighted by molar-refractivity contribution is 5.94. The van der Waals surface area contributed by atoms with E-state index in [0.29, 0.717) is 35.8 Å². The van der Waals surface area contributed by atoms with Crippen molar-refractivity contribution in [1.29, 1.82) is 0 Å². The Hall–Kier alpha value is -3.67. The summed E-state index contributed by atoms with van der Waals surface area (Å²) < 4.78 is 11.4. The number of unbranched alkanes of at least 4 members (excludes halogenated alkanes) is 1. The number of rotatable bonds is 8. The van der Waals surface area contributed by atoms with Crippen LogP contribution in [0.2, 0.25) is 0 Å². The molecule has 1 amide bonds. The van der Waals surface area contributed by atoms with Crippen molar-refractivity contribution in [1.82, 2.24) is 15.3 Å². The molecular formula is C24H23N3O3. The maximum Gasteiger partial charge on any atom is 0.251 e. The van der Waals surface area contributed by atoms with Gasteiger partial charge in [-0.2, -0.15) is 4.98 Å². The molecule has 6 heteroatoms. The van der Waals surface area contributed by atoms with Gasteiger partial charge in [0, 0.05) is 23.9 Å². The molecule has 1 N–H and O–H groups in total. The number of nitrogens with one attached hydrogen (secondary N) is 1. The summed E-state index contributed by atoms with van der Waals surface area (Å²) in [7, 11) is 0. The predicted molar refractivity (Wildman–Crippen MR) is 115 cm³/mol. The van der Waals surface area contributed by atoms with Crippen LogP contribution in [-0.2, 0) is 6.54 Å². The Morgan fingerprint density at radius 1 is 1.07 bits per heavy atom. The SMILES string of the molecule is CCCCOc1ccc(C(=O)NCc2ccc(-c3nc4ncccc4o3)cc2)cc1. The van der Waals surface area contributed by atoms with Crippen molar-refractivity contribution < 1.29 is 13.9 Å². The van der Waals surface area contributed by atoms with E-state index < -0.39 is 0 Å². The molecule has 0 spiro atoms. The van der Waals surface area contributed by atoms with Gasteiger partial charge in [0.25, 0.3) is 5.91 Å². The Labute approximate surface area is 174 Å². The maximum atomic E-state index is 12.4. The normalized spacial score (nSPS) is 10.8. The molecule has 0 radical (unpaired) electrons. The molecule has 0 aliphatic rings. The van der Waals surface area contributed by atoms with Gasteiger partial charge in [0.1, 0.15) is 5.75 Å². The zero-order valence-electron chi connectivity index (χ0n) is 16.8. The molecule has 2 heterocycles. The van der Waals surface area contributed by atoms with Crippen molar-refractivity contribution in [3.05, 3.63) is 78.0 Å². The molecule has 0 aliphatic carbocycles. The highest BCUT2D eigenvalue weighted by Gasteiger charge is 2.09. The number of hydrogen-bond acceptors (Lipinski definition) is 5. The molecule has 0 aliphatic heterocycles. The minimum Gasteiger partial charge on any atom is -0.494 e. The molecule has 0 fully saturated rings. The van der Waals surface area contributed by atoms with Crippen LogP contribution in [0.1, 0.15) is 35.7 Å². The third kappa shape index (κ3) is 4.66. The number of oxazole rings is 1. The van der Waals surface area contributed by atoms with Gasteiger partial charge in [-0.3, -0.25) is 4.79 Å². The standard InChI is InChI=1S/C24H23N3O3/c1-2-3-15-29-20-12-10-18(11-13-20)23(28)26-16-17-6-8-19(9-7-17)24-27-22-21(30-24)5-4-14-25-22/h4-14H,2-3,15-16H2,1H3,(H,26,28). The number of pyridine rings is 1. The smallest absolute Gasteiger partial charge is 0.251 e. The second-order valence-electron chi connectivity index (χ2n) is 6.95. The Morgan fingerprint density at radius 2 is 1.87 bits per heavy atom. The number of fused-ring (bicyclic) bond motifs is 1. The van der Waals surface area contributed by atoms with Gasteiger partial charge in [-0.15, -0.1) is 0 Å². The van der Waals surface area contributed by atoms with Gasteiger partial charge in [-0.1, -0.05) is 25.5 Å². The summed E-state index contributed by atoms with van der Waals surface area (Å²) in [5.41, 5.74) is 3.70. The molecule has 0 bridgehead atoms. The Balaban J connectivity index is 1.34. The number of carbonyl (C=O) groups excluding carboxylic acids is 1. The van der Waals surface area contributed by atoms with Crippen LogP contribution in [0.15, 0.2) is 71.3 Å². The fraction of sp³-hybridized carbons (Fsp3) is 0.208. The molecule has 4 rings (SSSR count). The molecule has 4 aromatic rings. The van der Waals surface area contributed by atoms with Crippen molar-refractivity contribution in [2.24, 2.45) is 0 Å². The summed E-state index contributed by atoms with van der Waals surface area (Å²) in [6.07, 6.45) is 3.80. The topological polar surface area (TPSA) is 77.2 Å². The minimum absolute atomic E-state index is 0.121. The van der Waals surface area contributed by atoms with Crippen molar-refractivity contribution in [2.75, 3.05) is 6.61 Å². The van der Waals surface area contributed by atoms with E-state index in [4.69, 9.17) is 9.15 Å². The van der Waals surface area contributed by atoms with Gasteiger partial charge in [-0.05, 0) is 60.5 Å². The summed E-state index contributed by atoms with van der Waals surface area (Å²) in [5, 5.41) is 2.94. The lowest BCUT2D eigenvalue weighted by molar-refractivity contribution is 0.0951. The van der Waals surface area contributed by atoms with Gasteiger partial charge in [0.15, 0.2) is 11.2 Å². The third-order valence-electron chi connectivity index (χ3n) is 4.70. The zero-order valence-corrected chi connectivity index (χ0v) is 16.8. The monoisotopic (exact) mass is 401 g/mol.